The molecule has 0 aliphatic rings. The molecule has 0 aliphatic carbocycles. The molecule has 0 radical (unpaired) electrons. The molecule has 2 N–H and O–H groups in total. The first-order valence-corrected chi connectivity index (χ1v) is 6.70. The van der Waals surface area contributed by atoms with Gasteiger partial charge in [0.15, 0.2) is 0 Å². The van der Waals surface area contributed by atoms with Crippen LogP contribution in [0.3, 0.4) is 0 Å². The van der Waals surface area contributed by atoms with Crippen LogP contribution in [0.15, 0.2) is 24.5 Å². The summed E-state index contributed by atoms with van der Waals surface area (Å²) in [5, 5.41) is 6.46. The maximum absolute atomic E-state index is 13.3. The molecule has 0 saturated heterocycles. The number of aromatic nitrogens is 2. The Hall–Kier alpha value is -2.17. The van der Waals surface area contributed by atoms with E-state index >= 15 is 0 Å². The zero-order chi connectivity index (χ0) is 14.5. The minimum Gasteiger partial charge on any atom is -0.370 e. The second-order valence-corrected chi connectivity index (χ2v) is 4.71. The van der Waals surface area contributed by atoms with Crippen LogP contribution in [-0.4, -0.2) is 16.5 Å². The topological polar surface area (TPSA) is 49.8 Å². The van der Waals surface area contributed by atoms with Crippen LogP contribution < -0.4 is 10.6 Å². The molecule has 0 spiro atoms. The van der Waals surface area contributed by atoms with E-state index < -0.39 is 0 Å². The van der Waals surface area contributed by atoms with Gasteiger partial charge in [0, 0.05) is 17.8 Å². The first kappa shape index (κ1) is 14.2. The van der Waals surface area contributed by atoms with Gasteiger partial charge in [0.05, 0.1) is 0 Å². The quantitative estimate of drug-likeness (QED) is 0.870. The van der Waals surface area contributed by atoms with Gasteiger partial charge in [0.2, 0.25) is 0 Å². The summed E-state index contributed by atoms with van der Waals surface area (Å²) in [6.07, 6.45) is 2.55. The third-order valence-corrected chi connectivity index (χ3v) is 3.05. The van der Waals surface area contributed by atoms with Gasteiger partial charge < -0.3 is 10.6 Å². The Balaban J connectivity index is 2.22. The van der Waals surface area contributed by atoms with Crippen LogP contribution >= 0.6 is 0 Å². The normalized spacial score (nSPS) is 10.4. The molecule has 1 aromatic carbocycles. The van der Waals surface area contributed by atoms with Crippen LogP contribution in [0, 0.1) is 19.7 Å². The fraction of sp³-hybridized carbons (Fsp3) is 0.333. The maximum Gasteiger partial charge on any atom is 0.138 e. The SMILES string of the molecule is CCCNc1ncnc(Nc2ccc(F)c(C)c2)c1C. The Kier molecular flexibility index (Phi) is 4.50. The summed E-state index contributed by atoms with van der Waals surface area (Å²) in [4.78, 5) is 8.47. The highest BCUT2D eigenvalue weighted by molar-refractivity contribution is 5.64. The molecule has 4 nitrogen and oxygen atoms in total. The van der Waals surface area contributed by atoms with Gasteiger partial charge in [-0.2, -0.15) is 0 Å². The lowest BCUT2D eigenvalue weighted by Crippen LogP contribution is -2.07. The summed E-state index contributed by atoms with van der Waals surface area (Å²) in [6, 6.07) is 4.91. The predicted molar refractivity (Wildman–Crippen MR) is 80.0 cm³/mol. The van der Waals surface area contributed by atoms with Gasteiger partial charge in [-0.05, 0) is 44.0 Å². The average Bonchev–Trinajstić information content (AvgIpc) is 2.44. The number of hydrogen-bond donors (Lipinski definition) is 2. The lowest BCUT2D eigenvalue weighted by Gasteiger charge is -2.12. The summed E-state index contributed by atoms with van der Waals surface area (Å²) in [7, 11) is 0. The third kappa shape index (κ3) is 3.23. The van der Waals surface area contributed by atoms with Crippen molar-refractivity contribution in [3.8, 4) is 0 Å². The minimum absolute atomic E-state index is 0.208. The Morgan fingerprint density at radius 2 is 1.90 bits per heavy atom. The van der Waals surface area contributed by atoms with Gasteiger partial charge >= 0.3 is 0 Å². The molecule has 0 aliphatic heterocycles. The molecular weight excluding hydrogens is 255 g/mol. The lowest BCUT2D eigenvalue weighted by atomic mass is 10.2. The molecule has 2 rings (SSSR count). The Bertz CT molecular complexity index is 598. The van der Waals surface area contributed by atoms with Crippen LogP contribution in [0.2, 0.25) is 0 Å². The van der Waals surface area contributed by atoms with Crippen molar-refractivity contribution in [2.75, 3.05) is 17.2 Å². The van der Waals surface area contributed by atoms with E-state index in [1.807, 2.05) is 6.92 Å². The van der Waals surface area contributed by atoms with E-state index in [0.29, 0.717) is 5.56 Å². The summed E-state index contributed by atoms with van der Waals surface area (Å²) in [5.41, 5.74) is 2.36. The highest BCUT2D eigenvalue weighted by Crippen LogP contribution is 2.23. The van der Waals surface area contributed by atoms with Crippen molar-refractivity contribution in [1.82, 2.24) is 9.97 Å². The number of nitrogens with one attached hydrogen (secondary N) is 2. The number of anilines is 3. The van der Waals surface area contributed by atoms with E-state index in [1.54, 1.807) is 19.1 Å². The fourth-order valence-electron chi connectivity index (χ4n) is 1.86. The van der Waals surface area contributed by atoms with Gasteiger partial charge in [0.1, 0.15) is 23.8 Å². The third-order valence-electron chi connectivity index (χ3n) is 3.05. The van der Waals surface area contributed by atoms with Gasteiger partial charge in [-0.25, -0.2) is 14.4 Å². The van der Waals surface area contributed by atoms with Crippen LogP contribution in [-0.2, 0) is 0 Å². The van der Waals surface area contributed by atoms with Crippen molar-refractivity contribution >= 4 is 17.3 Å². The van der Waals surface area contributed by atoms with E-state index in [9.17, 15) is 4.39 Å². The summed E-state index contributed by atoms with van der Waals surface area (Å²) in [6.45, 7) is 6.66. The number of aryl methyl sites for hydroxylation is 1. The maximum atomic E-state index is 13.3. The van der Waals surface area contributed by atoms with Gasteiger partial charge in [-0.15, -0.1) is 0 Å². The van der Waals surface area contributed by atoms with E-state index in [0.717, 1.165) is 35.9 Å². The highest BCUT2D eigenvalue weighted by atomic mass is 19.1. The molecule has 0 amide bonds. The van der Waals surface area contributed by atoms with Crippen molar-refractivity contribution < 1.29 is 4.39 Å². The standard InChI is InChI=1S/C15H19FN4/c1-4-7-17-14-11(3)15(19-9-18-14)20-12-5-6-13(16)10(2)8-12/h5-6,8-9H,4,7H2,1-3H3,(H2,17,18,19,20). The van der Waals surface area contributed by atoms with Gasteiger partial charge in [-0.1, -0.05) is 6.92 Å². The van der Waals surface area contributed by atoms with Crippen molar-refractivity contribution in [3.63, 3.8) is 0 Å². The summed E-state index contributed by atoms with van der Waals surface area (Å²) < 4.78 is 13.3. The molecular formula is C15H19FN4. The molecule has 20 heavy (non-hydrogen) atoms. The van der Waals surface area contributed by atoms with Gasteiger partial charge in [0.25, 0.3) is 0 Å². The van der Waals surface area contributed by atoms with Crippen LogP contribution in [0.4, 0.5) is 21.7 Å². The van der Waals surface area contributed by atoms with Gasteiger partial charge in [-0.3, -0.25) is 0 Å². The number of rotatable bonds is 5. The average molecular weight is 274 g/mol. The Labute approximate surface area is 118 Å². The zero-order valence-corrected chi connectivity index (χ0v) is 12.0. The van der Waals surface area contributed by atoms with E-state index in [4.69, 9.17) is 0 Å². The lowest BCUT2D eigenvalue weighted by molar-refractivity contribution is 0.619. The first-order chi connectivity index (χ1) is 9.61. The van der Waals surface area contributed by atoms with Crippen LogP contribution in [0.1, 0.15) is 24.5 Å². The second kappa shape index (κ2) is 6.32. The van der Waals surface area contributed by atoms with Crippen molar-refractivity contribution in [3.05, 3.63) is 41.5 Å². The number of hydrogen-bond acceptors (Lipinski definition) is 4. The second-order valence-electron chi connectivity index (χ2n) is 4.71. The highest BCUT2D eigenvalue weighted by Gasteiger charge is 2.07. The van der Waals surface area contributed by atoms with E-state index in [-0.39, 0.29) is 5.82 Å². The summed E-state index contributed by atoms with van der Waals surface area (Å²) in [5.74, 6) is 1.34. The predicted octanol–water partition coefficient (Wildman–Crippen LogP) is 3.80. The Morgan fingerprint density at radius 3 is 2.60 bits per heavy atom. The molecule has 0 saturated carbocycles. The minimum atomic E-state index is -0.208. The molecule has 1 heterocycles. The zero-order valence-electron chi connectivity index (χ0n) is 12.0. The van der Waals surface area contributed by atoms with Crippen LogP contribution in [0.5, 0.6) is 0 Å². The molecule has 0 atom stereocenters. The number of nitrogens with zero attached hydrogens (tertiary/aromatic N) is 2. The Morgan fingerprint density at radius 1 is 1.15 bits per heavy atom. The van der Waals surface area contributed by atoms with Crippen molar-refractivity contribution in [1.29, 1.82) is 0 Å². The molecule has 0 bridgehead atoms. The van der Waals surface area contributed by atoms with E-state index in [2.05, 4.69) is 27.5 Å². The van der Waals surface area contributed by atoms with Crippen molar-refractivity contribution in [2.24, 2.45) is 0 Å². The monoisotopic (exact) mass is 274 g/mol. The van der Waals surface area contributed by atoms with Crippen LogP contribution in [0.25, 0.3) is 0 Å². The first-order valence-electron chi connectivity index (χ1n) is 6.70. The fourth-order valence-corrected chi connectivity index (χ4v) is 1.86. The molecule has 1 aromatic heterocycles. The molecule has 0 unspecified atom stereocenters. The van der Waals surface area contributed by atoms with Crippen molar-refractivity contribution in [2.45, 2.75) is 27.2 Å². The molecule has 2 aromatic rings. The molecule has 5 heteroatoms. The largest absolute Gasteiger partial charge is 0.370 e. The molecule has 106 valence electrons. The number of halogens is 1. The molecule has 0 fully saturated rings. The smallest absolute Gasteiger partial charge is 0.138 e. The number of benzene rings is 1. The van der Waals surface area contributed by atoms with E-state index in [1.165, 1.54) is 12.4 Å². The summed E-state index contributed by atoms with van der Waals surface area (Å²) >= 11 is 0.